The Morgan fingerprint density at radius 3 is 2.75 bits per heavy atom. The van der Waals surface area contributed by atoms with Crippen LogP contribution in [0.4, 0.5) is 0 Å². The number of hydrogen-bond donors (Lipinski definition) is 1. The second-order valence-electron chi connectivity index (χ2n) is 5.73. The molecule has 1 saturated heterocycles. The second kappa shape index (κ2) is 5.61. The van der Waals surface area contributed by atoms with E-state index in [1.54, 1.807) is 0 Å². The fraction of sp³-hybridized carbons (Fsp3) is 0.533. The molecule has 1 aromatic heterocycles. The van der Waals surface area contributed by atoms with Crippen molar-refractivity contribution in [1.82, 2.24) is 9.88 Å². The van der Waals surface area contributed by atoms with Crippen molar-refractivity contribution < 1.29 is 14.7 Å². The van der Waals surface area contributed by atoms with Crippen LogP contribution in [0.3, 0.4) is 0 Å². The first-order chi connectivity index (χ1) is 9.45. The van der Waals surface area contributed by atoms with E-state index in [1.165, 1.54) is 18.3 Å². The molecule has 2 rings (SSSR count). The molecular formula is C15H20N2O3. The highest BCUT2D eigenvalue weighted by molar-refractivity contribution is 5.95. The Balaban J connectivity index is 2.12. The highest BCUT2D eigenvalue weighted by atomic mass is 16.4. The van der Waals surface area contributed by atoms with Gasteiger partial charge in [-0.05, 0) is 36.8 Å². The van der Waals surface area contributed by atoms with E-state index in [9.17, 15) is 9.59 Å². The van der Waals surface area contributed by atoms with E-state index in [2.05, 4.69) is 18.8 Å². The molecule has 1 atom stereocenters. The van der Waals surface area contributed by atoms with Crippen LogP contribution >= 0.6 is 0 Å². The molecule has 0 aliphatic carbocycles. The van der Waals surface area contributed by atoms with Gasteiger partial charge in [0.05, 0.1) is 5.56 Å². The number of hydrogen-bond acceptors (Lipinski definition) is 3. The predicted octanol–water partition coefficient (Wildman–Crippen LogP) is 2.43. The summed E-state index contributed by atoms with van der Waals surface area (Å²) in [5, 5.41) is 8.81. The maximum atomic E-state index is 12.4. The molecule has 5 heteroatoms. The molecule has 1 fully saturated rings. The van der Waals surface area contributed by atoms with Gasteiger partial charge in [-0.3, -0.25) is 4.79 Å². The summed E-state index contributed by atoms with van der Waals surface area (Å²) in [6, 6.07) is 2.91. The summed E-state index contributed by atoms with van der Waals surface area (Å²) in [5.74, 6) is -1.14. The van der Waals surface area contributed by atoms with Crippen LogP contribution < -0.4 is 0 Å². The fourth-order valence-electron chi connectivity index (χ4n) is 2.61. The highest BCUT2D eigenvalue weighted by Gasteiger charge is 2.32. The zero-order valence-electron chi connectivity index (χ0n) is 11.9. The third kappa shape index (κ3) is 2.98. The molecule has 2 heterocycles. The van der Waals surface area contributed by atoms with Gasteiger partial charge in [-0.2, -0.15) is 0 Å². The number of carbonyl (C=O) groups excluding carboxylic acids is 1. The smallest absolute Gasteiger partial charge is 0.354 e. The Bertz CT molecular complexity index is 512. The third-order valence-corrected chi connectivity index (χ3v) is 4.15. The van der Waals surface area contributed by atoms with Gasteiger partial charge in [0.25, 0.3) is 5.91 Å². The number of aromatic carboxylic acids is 1. The van der Waals surface area contributed by atoms with Crippen molar-refractivity contribution in [1.29, 1.82) is 0 Å². The normalized spacial score (nSPS) is 22.6. The number of nitrogens with zero attached hydrogens (tertiary/aromatic N) is 2. The van der Waals surface area contributed by atoms with Gasteiger partial charge >= 0.3 is 5.97 Å². The van der Waals surface area contributed by atoms with Crippen molar-refractivity contribution in [3.8, 4) is 0 Å². The maximum Gasteiger partial charge on any atom is 0.354 e. The number of pyridine rings is 1. The Kier molecular flexibility index (Phi) is 4.06. The van der Waals surface area contributed by atoms with E-state index in [0.717, 1.165) is 32.4 Å². The summed E-state index contributed by atoms with van der Waals surface area (Å²) in [4.78, 5) is 28.8. The molecular weight excluding hydrogens is 256 g/mol. The minimum Gasteiger partial charge on any atom is -0.477 e. The van der Waals surface area contributed by atoms with Gasteiger partial charge in [0.2, 0.25) is 0 Å². The summed E-state index contributed by atoms with van der Waals surface area (Å²) >= 11 is 0. The minimum atomic E-state index is -1.08. The molecule has 1 N–H and O–H groups in total. The van der Waals surface area contributed by atoms with Crippen molar-refractivity contribution in [2.75, 3.05) is 13.1 Å². The Morgan fingerprint density at radius 1 is 1.45 bits per heavy atom. The monoisotopic (exact) mass is 276 g/mol. The van der Waals surface area contributed by atoms with Gasteiger partial charge in [-0.15, -0.1) is 0 Å². The van der Waals surface area contributed by atoms with Crippen molar-refractivity contribution in [3.63, 3.8) is 0 Å². The summed E-state index contributed by atoms with van der Waals surface area (Å²) in [5.41, 5.74) is 0.594. The third-order valence-electron chi connectivity index (χ3n) is 4.15. The summed E-state index contributed by atoms with van der Waals surface area (Å²) in [6.07, 6.45) is 4.55. The predicted molar refractivity (Wildman–Crippen MR) is 74.7 cm³/mol. The van der Waals surface area contributed by atoms with Crippen molar-refractivity contribution in [3.05, 3.63) is 29.6 Å². The summed E-state index contributed by atoms with van der Waals surface area (Å²) < 4.78 is 0. The zero-order chi connectivity index (χ0) is 14.8. The lowest BCUT2D eigenvalue weighted by molar-refractivity contribution is 0.0541. The first kappa shape index (κ1) is 14.5. The standard InChI is InChI=1S/C15H20N2O3/c1-3-15(2)7-4-8-17(10-15)13(18)11-5-6-12(14(19)20)16-9-11/h5-6,9H,3-4,7-8,10H2,1-2H3,(H,19,20). The van der Waals surface area contributed by atoms with Crippen LogP contribution in [0.25, 0.3) is 0 Å². The molecule has 0 radical (unpaired) electrons. The molecule has 1 amide bonds. The topological polar surface area (TPSA) is 70.5 Å². The summed E-state index contributed by atoms with van der Waals surface area (Å²) in [7, 11) is 0. The Morgan fingerprint density at radius 2 is 2.20 bits per heavy atom. The van der Waals surface area contributed by atoms with Crippen LogP contribution in [0.15, 0.2) is 18.3 Å². The van der Waals surface area contributed by atoms with Crippen LogP contribution in [-0.4, -0.2) is 40.0 Å². The van der Waals surface area contributed by atoms with Crippen molar-refractivity contribution in [2.45, 2.75) is 33.1 Å². The number of aromatic nitrogens is 1. The second-order valence-corrected chi connectivity index (χ2v) is 5.73. The first-order valence-electron chi connectivity index (χ1n) is 6.94. The number of rotatable bonds is 3. The molecule has 108 valence electrons. The van der Waals surface area contributed by atoms with Crippen molar-refractivity contribution in [2.24, 2.45) is 5.41 Å². The molecule has 0 bridgehead atoms. The summed E-state index contributed by atoms with van der Waals surface area (Å²) in [6.45, 7) is 5.87. The SMILES string of the molecule is CCC1(C)CCCN(C(=O)c2ccc(C(=O)O)nc2)C1. The minimum absolute atomic E-state index is 0.0430. The average Bonchev–Trinajstić information content (AvgIpc) is 2.46. The number of likely N-dealkylation sites (tertiary alicyclic amines) is 1. The molecule has 1 aliphatic rings. The van der Waals surface area contributed by atoms with Crippen LogP contribution in [0.1, 0.15) is 54.0 Å². The lowest BCUT2D eigenvalue weighted by Gasteiger charge is -2.40. The fourth-order valence-corrected chi connectivity index (χ4v) is 2.61. The number of carboxylic acid groups (broad SMARTS) is 1. The highest BCUT2D eigenvalue weighted by Crippen LogP contribution is 2.33. The van der Waals surface area contributed by atoms with Crippen LogP contribution in [-0.2, 0) is 0 Å². The zero-order valence-corrected chi connectivity index (χ0v) is 11.9. The van der Waals surface area contributed by atoms with E-state index < -0.39 is 5.97 Å². The van der Waals surface area contributed by atoms with Gasteiger partial charge in [0.15, 0.2) is 0 Å². The van der Waals surface area contributed by atoms with Gasteiger partial charge in [0.1, 0.15) is 5.69 Å². The van der Waals surface area contributed by atoms with Gasteiger partial charge in [0, 0.05) is 19.3 Å². The molecule has 5 nitrogen and oxygen atoms in total. The molecule has 0 aromatic carbocycles. The molecule has 1 unspecified atom stereocenters. The molecule has 0 saturated carbocycles. The van der Waals surface area contributed by atoms with E-state index in [4.69, 9.17) is 5.11 Å². The lowest BCUT2D eigenvalue weighted by Crippen LogP contribution is -2.44. The number of carboxylic acids is 1. The lowest BCUT2D eigenvalue weighted by atomic mass is 9.79. The molecule has 0 spiro atoms. The number of piperidine rings is 1. The number of carbonyl (C=O) groups is 2. The first-order valence-corrected chi connectivity index (χ1v) is 6.94. The largest absolute Gasteiger partial charge is 0.477 e. The average molecular weight is 276 g/mol. The quantitative estimate of drug-likeness (QED) is 0.920. The Labute approximate surface area is 118 Å². The Hall–Kier alpha value is -1.91. The van der Waals surface area contributed by atoms with Crippen LogP contribution in [0.2, 0.25) is 0 Å². The molecule has 20 heavy (non-hydrogen) atoms. The van der Waals surface area contributed by atoms with Gasteiger partial charge < -0.3 is 10.0 Å². The van der Waals surface area contributed by atoms with E-state index >= 15 is 0 Å². The maximum absolute atomic E-state index is 12.4. The molecule has 1 aliphatic heterocycles. The van der Waals surface area contributed by atoms with Crippen molar-refractivity contribution >= 4 is 11.9 Å². The van der Waals surface area contributed by atoms with Gasteiger partial charge in [-0.25, -0.2) is 9.78 Å². The van der Waals surface area contributed by atoms with Crippen LogP contribution in [0.5, 0.6) is 0 Å². The van der Waals surface area contributed by atoms with Crippen LogP contribution in [0, 0.1) is 5.41 Å². The molecule has 1 aromatic rings. The van der Waals surface area contributed by atoms with E-state index in [1.807, 2.05) is 4.90 Å². The van der Waals surface area contributed by atoms with E-state index in [-0.39, 0.29) is 17.0 Å². The number of amides is 1. The van der Waals surface area contributed by atoms with Gasteiger partial charge in [-0.1, -0.05) is 13.8 Å². The van der Waals surface area contributed by atoms with E-state index in [0.29, 0.717) is 5.56 Å².